The molecule has 0 bridgehead atoms. The van der Waals surface area contributed by atoms with E-state index in [1.807, 2.05) is 0 Å². The normalized spacial score (nSPS) is 33.4. The van der Waals surface area contributed by atoms with Gasteiger partial charge >= 0.3 is 0 Å². The van der Waals surface area contributed by atoms with Crippen molar-refractivity contribution in [3.8, 4) is 0 Å². The first kappa shape index (κ1) is 13.2. The van der Waals surface area contributed by atoms with Crippen LogP contribution in [0.15, 0.2) is 0 Å². The van der Waals surface area contributed by atoms with Crippen molar-refractivity contribution in [1.82, 2.24) is 0 Å². The molecule has 0 heterocycles. The van der Waals surface area contributed by atoms with Gasteiger partial charge in [0.25, 0.3) is 0 Å². The van der Waals surface area contributed by atoms with E-state index in [9.17, 15) is 0 Å². The Bertz CT molecular complexity index is 130. The molecule has 0 aromatic heterocycles. The molecule has 0 spiro atoms. The monoisotopic (exact) mass is 267 g/mol. The summed E-state index contributed by atoms with van der Waals surface area (Å²) in [6.45, 7) is 0. The van der Waals surface area contributed by atoms with Crippen LogP contribution in [0.2, 0.25) is 0 Å². The Hall–Kier alpha value is 1.10. The summed E-state index contributed by atoms with van der Waals surface area (Å²) >= 11 is 0. The fraction of sp³-hybridized carbons (Fsp3) is 0.846. The first-order chi connectivity index (χ1) is 6.45. The van der Waals surface area contributed by atoms with Crippen LogP contribution < -0.4 is 0 Å². The first-order valence-corrected chi connectivity index (χ1v) is 6.12. The molecule has 0 nitrogen and oxygen atoms in total. The Morgan fingerprint density at radius 2 is 1.43 bits per heavy atom. The van der Waals surface area contributed by atoms with E-state index in [2.05, 4.69) is 12.8 Å². The fourth-order valence-corrected chi connectivity index (χ4v) is 2.87. The fourth-order valence-electron chi connectivity index (χ4n) is 2.87. The molecule has 2 fully saturated rings. The molecule has 2 rings (SSSR count). The summed E-state index contributed by atoms with van der Waals surface area (Å²) in [7, 11) is 0. The molecule has 2 unspecified atom stereocenters. The molecule has 2 aliphatic carbocycles. The Labute approximate surface area is 114 Å². The van der Waals surface area contributed by atoms with Crippen LogP contribution in [0.1, 0.15) is 57.8 Å². The zero-order chi connectivity index (χ0) is 8.93. The third-order valence-corrected chi connectivity index (χ3v) is 3.66. The largest absolute Gasteiger partial charge is 0.326 e. The van der Waals surface area contributed by atoms with Crippen LogP contribution in [0.3, 0.4) is 0 Å². The third kappa shape index (κ3) is 4.31. The Kier molecular flexibility index (Phi) is 6.95. The minimum atomic E-state index is 0. The van der Waals surface area contributed by atoms with Crippen LogP contribution in [0, 0.1) is 24.7 Å². The molecule has 0 aliphatic heterocycles. The van der Waals surface area contributed by atoms with Crippen LogP contribution >= 0.6 is 0 Å². The molecule has 0 aromatic rings. The van der Waals surface area contributed by atoms with Crippen LogP contribution in [-0.4, -0.2) is 0 Å². The second-order valence-corrected chi connectivity index (χ2v) is 4.80. The average Bonchev–Trinajstić information content (AvgIpc) is 2.49. The molecule has 0 N–H and O–H groups in total. The van der Waals surface area contributed by atoms with E-state index in [1.165, 1.54) is 57.8 Å². The third-order valence-electron chi connectivity index (χ3n) is 3.66. The smallest absolute Gasteiger partial charge is 0 e. The maximum atomic E-state index is 2.61. The summed E-state index contributed by atoms with van der Waals surface area (Å²) in [6, 6.07) is 0. The van der Waals surface area contributed by atoms with Crippen molar-refractivity contribution in [1.29, 1.82) is 0 Å². The van der Waals surface area contributed by atoms with Crippen molar-refractivity contribution in [2.75, 3.05) is 0 Å². The van der Waals surface area contributed by atoms with E-state index in [-0.39, 0.29) is 32.7 Å². The van der Waals surface area contributed by atoms with E-state index in [1.54, 1.807) is 0 Å². The van der Waals surface area contributed by atoms with Crippen LogP contribution in [0.5, 0.6) is 0 Å². The van der Waals surface area contributed by atoms with E-state index in [0.717, 1.165) is 11.8 Å². The minimum absolute atomic E-state index is 0. The van der Waals surface area contributed by atoms with Crippen molar-refractivity contribution in [3.05, 3.63) is 12.8 Å². The van der Waals surface area contributed by atoms with Crippen molar-refractivity contribution in [2.45, 2.75) is 57.8 Å². The van der Waals surface area contributed by atoms with Gasteiger partial charge in [0, 0.05) is 32.7 Å². The van der Waals surface area contributed by atoms with Gasteiger partial charge in [-0.15, -0.1) is 6.42 Å². The number of rotatable bonds is 2. The van der Waals surface area contributed by atoms with Gasteiger partial charge in [0.15, 0.2) is 0 Å². The SMILES string of the molecule is [CH-]1CCCC1CC1[CH-]CCCCC1.[Y]. The first-order valence-electron chi connectivity index (χ1n) is 6.12. The molecule has 14 heavy (non-hydrogen) atoms. The Morgan fingerprint density at radius 3 is 2.14 bits per heavy atom. The molecule has 1 heteroatoms. The van der Waals surface area contributed by atoms with E-state index >= 15 is 0 Å². The molecule has 0 saturated heterocycles. The van der Waals surface area contributed by atoms with Gasteiger partial charge in [0.1, 0.15) is 0 Å². The second kappa shape index (κ2) is 7.39. The molecular formula is C13H22Y-2. The summed E-state index contributed by atoms with van der Waals surface area (Å²) in [5.41, 5.74) is 0. The predicted molar refractivity (Wildman–Crippen MR) is 57.1 cm³/mol. The van der Waals surface area contributed by atoms with Gasteiger partial charge in [-0.3, -0.25) is 0 Å². The Morgan fingerprint density at radius 1 is 0.786 bits per heavy atom. The molecule has 0 amide bonds. The Balaban J connectivity index is 0.000000980. The van der Waals surface area contributed by atoms with Gasteiger partial charge < -0.3 is 12.8 Å². The van der Waals surface area contributed by atoms with Crippen molar-refractivity contribution in [2.24, 2.45) is 11.8 Å². The quantitative estimate of drug-likeness (QED) is 0.520. The van der Waals surface area contributed by atoms with Crippen molar-refractivity contribution >= 4 is 0 Å². The maximum Gasteiger partial charge on any atom is 0 e. The van der Waals surface area contributed by atoms with Crippen LogP contribution in [-0.2, 0) is 32.7 Å². The number of hydrogen-bond donors (Lipinski definition) is 0. The van der Waals surface area contributed by atoms with Crippen molar-refractivity contribution in [3.63, 3.8) is 0 Å². The van der Waals surface area contributed by atoms with Gasteiger partial charge in [-0.05, 0) is 0 Å². The summed E-state index contributed by atoms with van der Waals surface area (Å²) < 4.78 is 0. The van der Waals surface area contributed by atoms with Gasteiger partial charge in [0.05, 0.1) is 0 Å². The van der Waals surface area contributed by atoms with Gasteiger partial charge in [-0.1, -0.05) is 38.5 Å². The van der Waals surface area contributed by atoms with E-state index in [0.29, 0.717) is 0 Å². The molecule has 79 valence electrons. The topological polar surface area (TPSA) is 0 Å². The summed E-state index contributed by atoms with van der Waals surface area (Å²) in [5.74, 6) is 1.93. The summed E-state index contributed by atoms with van der Waals surface area (Å²) in [4.78, 5) is 0. The molecule has 1 radical (unpaired) electrons. The van der Waals surface area contributed by atoms with Crippen LogP contribution in [0.4, 0.5) is 0 Å². The zero-order valence-electron chi connectivity index (χ0n) is 9.25. The van der Waals surface area contributed by atoms with Crippen molar-refractivity contribution < 1.29 is 32.7 Å². The standard InChI is InChI=1S/C13H22.Y/c1-2-4-8-12(7-3-1)11-13-9-5-6-10-13;/h7,9,12-13H,1-6,8,10-11H2;/q-2;. The van der Waals surface area contributed by atoms with E-state index in [4.69, 9.17) is 0 Å². The van der Waals surface area contributed by atoms with Crippen LogP contribution in [0.25, 0.3) is 0 Å². The molecule has 2 aliphatic rings. The zero-order valence-corrected chi connectivity index (χ0v) is 12.1. The van der Waals surface area contributed by atoms with E-state index < -0.39 is 0 Å². The average molecular weight is 267 g/mol. The summed E-state index contributed by atoms with van der Waals surface area (Å²) in [5, 5.41) is 0. The molecule has 2 atom stereocenters. The maximum absolute atomic E-state index is 2.61. The van der Waals surface area contributed by atoms with Gasteiger partial charge in [-0.25, -0.2) is 0 Å². The molecule has 0 aromatic carbocycles. The summed E-state index contributed by atoms with van der Waals surface area (Å²) in [6.07, 6.45) is 18.2. The van der Waals surface area contributed by atoms with Gasteiger partial charge in [0.2, 0.25) is 0 Å². The molecular weight excluding hydrogens is 245 g/mol. The second-order valence-electron chi connectivity index (χ2n) is 4.80. The van der Waals surface area contributed by atoms with Gasteiger partial charge in [-0.2, -0.15) is 24.7 Å². The minimum Gasteiger partial charge on any atom is -0.326 e. The molecule has 2 saturated carbocycles. The number of hydrogen-bond acceptors (Lipinski definition) is 0. The predicted octanol–water partition coefficient (Wildman–Crippen LogP) is 4.16.